The summed E-state index contributed by atoms with van der Waals surface area (Å²) in [6.07, 6.45) is 4.99. The monoisotopic (exact) mass is 376 g/mol. The van der Waals surface area contributed by atoms with Crippen LogP contribution in [0.1, 0.15) is 31.7 Å². The Kier molecular flexibility index (Phi) is 6.95. The first-order valence-corrected chi connectivity index (χ1v) is 9.44. The van der Waals surface area contributed by atoms with Gasteiger partial charge in [-0.05, 0) is 18.6 Å². The lowest BCUT2D eigenvalue weighted by Crippen LogP contribution is -2.10. The van der Waals surface area contributed by atoms with E-state index in [0.29, 0.717) is 12.3 Å². The third-order valence-corrected chi connectivity index (χ3v) is 4.11. The fourth-order valence-electron chi connectivity index (χ4n) is 2.68. The van der Waals surface area contributed by atoms with Crippen LogP contribution in [0.5, 0.6) is 5.75 Å². The molecule has 0 atom stereocenters. The Morgan fingerprint density at radius 2 is 1.89 bits per heavy atom. The molecule has 28 heavy (non-hydrogen) atoms. The number of H-pyrrole nitrogens is 1. The van der Waals surface area contributed by atoms with Crippen molar-refractivity contribution in [2.75, 3.05) is 12.0 Å². The second-order valence-corrected chi connectivity index (χ2v) is 6.31. The van der Waals surface area contributed by atoms with Gasteiger partial charge >= 0.3 is 0 Å². The van der Waals surface area contributed by atoms with Crippen molar-refractivity contribution in [3.05, 3.63) is 76.6 Å². The van der Waals surface area contributed by atoms with E-state index in [4.69, 9.17) is 4.74 Å². The molecule has 144 valence electrons. The maximum atomic E-state index is 11.9. The summed E-state index contributed by atoms with van der Waals surface area (Å²) in [6.45, 7) is 2.84. The van der Waals surface area contributed by atoms with Gasteiger partial charge in [-0.25, -0.2) is 10.4 Å². The lowest BCUT2D eigenvalue weighted by Gasteiger charge is -2.08. The summed E-state index contributed by atoms with van der Waals surface area (Å²) >= 11 is 0. The summed E-state index contributed by atoms with van der Waals surface area (Å²) in [7, 11) is 0. The molecule has 2 aromatic carbocycles. The summed E-state index contributed by atoms with van der Waals surface area (Å²) in [6, 6.07) is 18.7. The van der Waals surface area contributed by atoms with Crippen molar-refractivity contribution in [2.24, 2.45) is 5.10 Å². The van der Waals surface area contributed by atoms with Gasteiger partial charge in [0.25, 0.3) is 5.56 Å². The Balaban J connectivity index is 1.70. The number of nitrogens with one attached hydrogen (secondary N) is 2. The molecular formula is C22H24N4O2. The fourth-order valence-corrected chi connectivity index (χ4v) is 2.68. The Bertz CT molecular complexity index is 968. The first-order valence-electron chi connectivity index (χ1n) is 9.44. The third kappa shape index (κ3) is 5.54. The second-order valence-electron chi connectivity index (χ2n) is 6.31. The molecule has 0 saturated heterocycles. The van der Waals surface area contributed by atoms with Crippen molar-refractivity contribution in [1.29, 1.82) is 0 Å². The van der Waals surface area contributed by atoms with E-state index < -0.39 is 0 Å². The number of hydrogen-bond acceptors (Lipinski definition) is 5. The van der Waals surface area contributed by atoms with Gasteiger partial charge in [0.05, 0.1) is 18.5 Å². The van der Waals surface area contributed by atoms with Gasteiger partial charge in [-0.1, -0.05) is 62.2 Å². The molecule has 0 amide bonds. The molecule has 0 spiro atoms. The summed E-state index contributed by atoms with van der Waals surface area (Å²) in [5, 5.41) is 4.21. The molecule has 3 rings (SSSR count). The van der Waals surface area contributed by atoms with Gasteiger partial charge in [0.1, 0.15) is 5.75 Å². The number of para-hydroxylation sites is 1. The van der Waals surface area contributed by atoms with Crippen molar-refractivity contribution in [3.8, 4) is 17.0 Å². The van der Waals surface area contributed by atoms with Crippen molar-refractivity contribution >= 4 is 12.2 Å². The van der Waals surface area contributed by atoms with Crippen LogP contribution in [0.25, 0.3) is 11.3 Å². The number of unbranched alkanes of at least 4 members (excludes halogenated alkanes) is 2. The van der Waals surface area contributed by atoms with Crippen LogP contribution in [0.3, 0.4) is 0 Å². The topological polar surface area (TPSA) is 79.4 Å². The number of aromatic nitrogens is 2. The van der Waals surface area contributed by atoms with E-state index in [1.165, 1.54) is 6.07 Å². The van der Waals surface area contributed by atoms with E-state index in [2.05, 4.69) is 27.4 Å². The smallest absolute Gasteiger partial charge is 0.252 e. The molecule has 1 aromatic heterocycles. The number of ether oxygens (including phenoxy) is 1. The quantitative estimate of drug-likeness (QED) is 0.328. The highest BCUT2D eigenvalue weighted by atomic mass is 16.5. The van der Waals surface area contributed by atoms with Gasteiger partial charge in [-0.2, -0.15) is 5.10 Å². The maximum absolute atomic E-state index is 11.9. The summed E-state index contributed by atoms with van der Waals surface area (Å²) in [4.78, 5) is 19.0. The number of anilines is 1. The van der Waals surface area contributed by atoms with Gasteiger partial charge in [0.15, 0.2) is 0 Å². The molecule has 0 radical (unpaired) electrons. The van der Waals surface area contributed by atoms with Gasteiger partial charge in [-0.3, -0.25) is 9.78 Å². The minimum absolute atomic E-state index is 0.244. The predicted molar refractivity (Wildman–Crippen MR) is 113 cm³/mol. The van der Waals surface area contributed by atoms with Crippen molar-refractivity contribution in [3.63, 3.8) is 0 Å². The van der Waals surface area contributed by atoms with Gasteiger partial charge in [0, 0.05) is 17.2 Å². The third-order valence-electron chi connectivity index (χ3n) is 4.11. The molecule has 0 saturated carbocycles. The zero-order valence-electron chi connectivity index (χ0n) is 15.9. The Morgan fingerprint density at radius 1 is 1.11 bits per heavy atom. The first kappa shape index (κ1) is 19.4. The fraction of sp³-hybridized carbons (Fsp3) is 0.227. The first-order chi connectivity index (χ1) is 13.8. The second kappa shape index (κ2) is 10.1. The average Bonchev–Trinajstić information content (AvgIpc) is 2.72. The zero-order valence-corrected chi connectivity index (χ0v) is 15.9. The number of hydrazone groups is 1. The van der Waals surface area contributed by atoms with Crippen LogP contribution in [-0.2, 0) is 0 Å². The highest BCUT2D eigenvalue weighted by Crippen LogP contribution is 2.17. The summed E-state index contributed by atoms with van der Waals surface area (Å²) in [5.74, 6) is 1.06. The maximum Gasteiger partial charge on any atom is 0.252 e. The highest BCUT2D eigenvalue weighted by molar-refractivity contribution is 5.83. The van der Waals surface area contributed by atoms with Crippen LogP contribution in [-0.4, -0.2) is 22.8 Å². The van der Waals surface area contributed by atoms with E-state index in [-0.39, 0.29) is 11.5 Å². The standard InChI is InChI=1S/C22H24N4O2/c1-2-3-9-14-28-20-13-8-7-12-18(20)16-23-26-22-24-19(15-21(27)25-22)17-10-5-4-6-11-17/h4-8,10-13,15-16H,2-3,9,14H2,1H3,(H2,24,25,26,27)/b23-16+. The largest absolute Gasteiger partial charge is 0.493 e. The molecule has 2 N–H and O–H groups in total. The van der Waals surface area contributed by atoms with E-state index >= 15 is 0 Å². The molecule has 3 aromatic rings. The molecule has 6 nitrogen and oxygen atoms in total. The van der Waals surface area contributed by atoms with Crippen LogP contribution >= 0.6 is 0 Å². The lowest BCUT2D eigenvalue weighted by atomic mass is 10.1. The van der Waals surface area contributed by atoms with Crippen molar-refractivity contribution in [1.82, 2.24) is 9.97 Å². The van der Waals surface area contributed by atoms with E-state index in [9.17, 15) is 4.79 Å². The summed E-state index contributed by atoms with van der Waals surface area (Å²) in [5.41, 5.74) is 4.86. The Labute approximate surface area is 164 Å². The molecule has 0 aliphatic carbocycles. The SMILES string of the molecule is CCCCCOc1ccccc1/C=N/Nc1nc(-c2ccccc2)cc(=O)[nH]1. The predicted octanol–water partition coefficient (Wildman–Crippen LogP) is 4.45. The number of aromatic amines is 1. The summed E-state index contributed by atoms with van der Waals surface area (Å²) < 4.78 is 5.85. The van der Waals surface area contributed by atoms with Gasteiger partial charge in [-0.15, -0.1) is 0 Å². The zero-order chi connectivity index (χ0) is 19.6. The van der Waals surface area contributed by atoms with Gasteiger partial charge < -0.3 is 4.74 Å². The molecule has 0 aliphatic rings. The van der Waals surface area contributed by atoms with Crippen LogP contribution in [0.4, 0.5) is 5.95 Å². The highest BCUT2D eigenvalue weighted by Gasteiger charge is 2.04. The molecule has 1 heterocycles. The van der Waals surface area contributed by atoms with Crippen LogP contribution in [0.15, 0.2) is 70.6 Å². The Morgan fingerprint density at radius 3 is 2.71 bits per heavy atom. The van der Waals surface area contributed by atoms with Crippen molar-refractivity contribution in [2.45, 2.75) is 26.2 Å². The van der Waals surface area contributed by atoms with Gasteiger partial charge in [0.2, 0.25) is 5.95 Å². The number of rotatable bonds is 9. The number of hydrogen-bond donors (Lipinski definition) is 2. The lowest BCUT2D eigenvalue weighted by molar-refractivity contribution is 0.306. The number of nitrogens with zero attached hydrogens (tertiary/aromatic N) is 2. The van der Waals surface area contributed by atoms with Crippen LogP contribution in [0, 0.1) is 0 Å². The minimum atomic E-state index is -0.244. The minimum Gasteiger partial charge on any atom is -0.493 e. The van der Waals surface area contributed by atoms with Crippen molar-refractivity contribution < 1.29 is 4.74 Å². The molecule has 0 bridgehead atoms. The van der Waals surface area contributed by atoms with E-state index in [0.717, 1.165) is 36.1 Å². The Hall–Kier alpha value is -3.41. The molecule has 6 heteroatoms. The molecular weight excluding hydrogens is 352 g/mol. The normalized spacial score (nSPS) is 10.9. The molecule has 0 fully saturated rings. The van der Waals surface area contributed by atoms with Crippen LogP contribution in [0.2, 0.25) is 0 Å². The number of benzene rings is 2. The van der Waals surface area contributed by atoms with E-state index in [1.807, 2.05) is 54.6 Å². The molecule has 0 aliphatic heterocycles. The van der Waals surface area contributed by atoms with Crippen LogP contribution < -0.4 is 15.7 Å². The molecule has 0 unspecified atom stereocenters. The van der Waals surface area contributed by atoms with E-state index in [1.54, 1.807) is 6.21 Å². The average molecular weight is 376 g/mol.